The van der Waals surface area contributed by atoms with Crippen molar-refractivity contribution in [1.82, 2.24) is 4.90 Å². The van der Waals surface area contributed by atoms with Gasteiger partial charge in [0.05, 0.1) is 6.42 Å². The molecule has 0 radical (unpaired) electrons. The Hall–Kier alpha value is -2.65. The quantitative estimate of drug-likeness (QED) is 0.353. The lowest BCUT2D eigenvalue weighted by atomic mass is 9.92. The molecule has 0 unspecified atom stereocenters. The van der Waals surface area contributed by atoms with Gasteiger partial charge >= 0.3 is 0 Å². The molecule has 1 heterocycles. The van der Waals surface area contributed by atoms with Gasteiger partial charge in [-0.1, -0.05) is 72.8 Å². The Bertz CT molecular complexity index is 784. The molecule has 25 heavy (non-hydrogen) atoms. The van der Waals surface area contributed by atoms with Crippen LogP contribution in [0.5, 0.6) is 0 Å². The third kappa shape index (κ3) is 3.72. The first-order chi connectivity index (χ1) is 12.2. The molecule has 0 aliphatic carbocycles. The molecule has 126 valence electrons. The number of hydrogen-bond acceptors (Lipinski definition) is 2. The summed E-state index contributed by atoms with van der Waals surface area (Å²) in [7, 11) is 0. The monoisotopic (exact) mass is 351 g/mol. The molecule has 1 aliphatic heterocycles. The summed E-state index contributed by atoms with van der Waals surface area (Å²) in [6, 6.07) is 19.4. The minimum atomic E-state index is -0.230. The van der Waals surface area contributed by atoms with Gasteiger partial charge in [-0.05, 0) is 16.7 Å². The van der Waals surface area contributed by atoms with Crippen molar-refractivity contribution >= 4 is 29.0 Å². The number of amides is 2. The molecule has 3 nitrogen and oxygen atoms in total. The number of nitrogens with zero attached hydrogens (tertiary/aromatic N) is 1. The van der Waals surface area contributed by atoms with Crippen molar-refractivity contribution in [2.45, 2.75) is 6.42 Å². The number of alkyl halides is 1. The third-order valence-corrected chi connectivity index (χ3v) is 4.28. The largest absolute Gasteiger partial charge is 0.275 e. The van der Waals surface area contributed by atoms with Gasteiger partial charge < -0.3 is 0 Å². The van der Waals surface area contributed by atoms with E-state index in [1.807, 2.05) is 60.7 Å². The number of likely N-dealkylation sites (tertiary alicyclic amines) is 1. The van der Waals surface area contributed by atoms with Gasteiger partial charge in [0, 0.05) is 18.0 Å². The van der Waals surface area contributed by atoms with Crippen LogP contribution in [-0.2, 0) is 9.59 Å². The van der Waals surface area contributed by atoms with Gasteiger partial charge in [-0.25, -0.2) is 0 Å². The molecule has 2 aromatic rings. The average Bonchev–Trinajstić information content (AvgIpc) is 2.92. The van der Waals surface area contributed by atoms with E-state index in [0.29, 0.717) is 11.5 Å². The molecule has 0 atom stereocenters. The van der Waals surface area contributed by atoms with Crippen molar-refractivity contribution in [1.29, 1.82) is 0 Å². The maximum Gasteiger partial charge on any atom is 0.257 e. The molecule has 2 aromatic carbocycles. The normalized spacial score (nSPS) is 14.6. The van der Waals surface area contributed by atoms with E-state index in [-0.39, 0.29) is 24.8 Å². The van der Waals surface area contributed by atoms with E-state index >= 15 is 0 Å². The number of halogens is 1. The Morgan fingerprint density at radius 2 is 1.48 bits per heavy atom. The maximum absolute atomic E-state index is 12.9. The smallest absolute Gasteiger partial charge is 0.257 e. The Morgan fingerprint density at radius 1 is 0.920 bits per heavy atom. The molecule has 0 saturated carbocycles. The van der Waals surface area contributed by atoms with Crippen LogP contribution in [0.25, 0.3) is 5.57 Å². The van der Waals surface area contributed by atoms with E-state index in [4.69, 9.17) is 11.6 Å². The first kappa shape index (κ1) is 17.2. The first-order valence-corrected chi connectivity index (χ1v) is 8.65. The lowest BCUT2D eigenvalue weighted by molar-refractivity contribution is -0.136. The van der Waals surface area contributed by atoms with E-state index in [1.54, 1.807) is 12.2 Å². The number of carbonyl (C=O) groups excluding carboxylic acids is 2. The molecule has 0 N–H and O–H groups in total. The van der Waals surface area contributed by atoms with Crippen molar-refractivity contribution in [2.24, 2.45) is 0 Å². The highest BCUT2D eigenvalue weighted by molar-refractivity contribution is 6.19. The molecule has 0 spiro atoms. The maximum atomic E-state index is 12.9. The van der Waals surface area contributed by atoms with Crippen molar-refractivity contribution in [2.75, 3.05) is 12.4 Å². The number of carbonyl (C=O) groups is 2. The van der Waals surface area contributed by atoms with E-state index in [0.717, 1.165) is 16.7 Å². The molecule has 0 aromatic heterocycles. The van der Waals surface area contributed by atoms with Crippen LogP contribution < -0.4 is 0 Å². The zero-order valence-corrected chi connectivity index (χ0v) is 14.4. The Balaban J connectivity index is 2.08. The van der Waals surface area contributed by atoms with Crippen LogP contribution in [0.1, 0.15) is 17.5 Å². The second-order valence-electron chi connectivity index (χ2n) is 5.70. The fraction of sp³-hybridized carbons (Fsp3) is 0.143. The highest BCUT2D eigenvalue weighted by Crippen LogP contribution is 2.33. The fourth-order valence-corrected chi connectivity index (χ4v) is 3.07. The number of benzene rings is 2. The van der Waals surface area contributed by atoms with E-state index in [1.165, 1.54) is 4.90 Å². The van der Waals surface area contributed by atoms with Crippen LogP contribution in [0.15, 0.2) is 78.4 Å². The summed E-state index contributed by atoms with van der Waals surface area (Å²) in [5.41, 5.74) is 3.23. The van der Waals surface area contributed by atoms with E-state index in [9.17, 15) is 9.59 Å². The molecular weight excluding hydrogens is 334 g/mol. The lowest BCUT2D eigenvalue weighted by Gasteiger charge is -2.13. The predicted molar refractivity (Wildman–Crippen MR) is 100 cm³/mol. The molecule has 2 amide bonds. The van der Waals surface area contributed by atoms with Crippen LogP contribution >= 0.6 is 11.6 Å². The molecule has 1 aliphatic rings. The summed E-state index contributed by atoms with van der Waals surface area (Å²) >= 11 is 5.61. The highest BCUT2D eigenvalue weighted by atomic mass is 35.5. The second-order valence-corrected chi connectivity index (χ2v) is 6.01. The summed E-state index contributed by atoms with van der Waals surface area (Å²) in [6.07, 6.45) is 3.60. The minimum Gasteiger partial charge on any atom is -0.275 e. The predicted octanol–water partition coefficient (Wildman–Crippen LogP) is 4.04. The number of hydrogen-bond donors (Lipinski definition) is 0. The molecule has 4 heteroatoms. The van der Waals surface area contributed by atoms with E-state index < -0.39 is 0 Å². The summed E-state index contributed by atoms with van der Waals surface area (Å²) in [5.74, 6) is -0.0476. The zero-order chi connectivity index (χ0) is 17.6. The van der Waals surface area contributed by atoms with Crippen LogP contribution in [0.3, 0.4) is 0 Å². The van der Waals surface area contributed by atoms with Crippen molar-refractivity contribution in [3.63, 3.8) is 0 Å². The Kier molecular flexibility index (Phi) is 5.46. The van der Waals surface area contributed by atoms with Gasteiger partial charge in [-0.15, -0.1) is 11.6 Å². The number of rotatable bonds is 5. The Labute approximate surface area is 152 Å². The van der Waals surface area contributed by atoms with Gasteiger partial charge in [0.25, 0.3) is 5.91 Å². The lowest BCUT2D eigenvalue weighted by Crippen LogP contribution is -2.29. The van der Waals surface area contributed by atoms with Gasteiger partial charge in [0.1, 0.15) is 0 Å². The minimum absolute atomic E-state index is 0.118. The average molecular weight is 352 g/mol. The molecule has 1 saturated heterocycles. The summed E-state index contributed by atoms with van der Waals surface area (Å²) in [5, 5.41) is 0. The van der Waals surface area contributed by atoms with Gasteiger partial charge in [0.2, 0.25) is 5.91 Å². The highest BCUT2D eigenvalue weighted by Gasteiger charge is 2.35. The van der Waals surface area contributed by atoms with Crippen molar-refractivity contribution in [3.05, 3.63) is 89.5 Å². The Morgan fingerprint density at radius 3 is 2.00 bits per heavy atom. The van der Waals surface area contributed by atoms with Gasteiger partial charge in [0.15, 0.2) is 0 Å². The molecule has 1 fully saturated rings. The van der Waals surface area contributed by atoms with Crippen molar-refractivity contribution in [3.8, 4) is 0 Å². The summed E-state index contributed by atoms with van der Waals surface area (Å²) in [4.78, 5) is 26.5. The summed E-state index contributed by atoms with van der Waals surface area (Å²) < 4.78 is 0. The first-order valence-electron chi connectivity index (χ1n) is 8.12. The SMILES string of the molecule is O=C1CC(=C(c2ccccc2)c2ccccc2)C(=O)N1C/C=C\CCl. The zero-order valence-electron chi connectivity index (χ0n) is 13.7. The van der Waals surface area contributed by atoms with Crippen LogP contribution in [0.4, 0.5) is 0 Å². The molecular formula is C21H18ClNO2. The van der Waals surface area contributed by atoms with Gasteiger partial charge in [-0.2, -0.15) is 0 Å². The number of imide groups is 1. The van der Waals surface area contributed by atoms with Gasteiger partial charge in [-0.3, -0.25) is 14.5 Å². The number of allylic oxidation sites excluding steroid dienone is 1. The van der Waals surface area contributed by atoms with Crippen LogP contribution in [0.2, 0.25) is 0 Å². The summed E-state index contributed by atoms with van der Waals surface area (Å²) in [6.45, 7) is 0.255. The molecule has 3 rings (SSSR count). The van der Waals surface area contributed by atoms with Crippen LogP contribution in [-0.4, -0.2) is 29.1 Å². The van der Waals surface area contributed by atoms with E-state index in [2.05, 4.69) is 0 Å². The van der Waals surface area contributed by atoms with Crippen molar-refractivity contribution < 1.29 is 9.59 Å². The fourth-order valence-electron chi connectivity index (χ4n) is 2.95. The third-order valence-electron chi connectivity index (χ3n) is 4.10. The van der Waals surface area contributed by atoms with Crippen LogP contribution in [0, 0.1) is 0 Å². The second kappa shape index (κ2) is 7.95. The standard InChI is InChI=1S/C21H18ClNO2/c22-13-7-8-14-23-19(24)15-18(21(23)25)20(16-9-3-1-4-10-16)17-11-5-2-6-12-17/h1-12H,13-15H2/b8-7-. The molecule has 0 bridgehead atoms. The topological polar surface area (TPSA) is 37.4 Å².